The number of phosphoric acid groups is 1. The van der Waals surface area contributed by atoms with Crippen LogP contribution in [0.1, 0.15) is 219 Å². The molecule has 0 aromatic rings. The van der Waals surface area contributed by atoms with Gasteiger partial charge in [0.25, 0.3) is 0 Å². The zero-order valence-electron chi connectivity index (χ0n) is 41.7. The first kappa shape index (κ1) is 62.1. The highest BCUT2D eigenvalue weighted by atomic mass is 31.2. The molecule has 0 fully saturated rings. The van der Waals surface area contributed by atoms with Crippen molar-refractivity contribution in [1.29, 1.82) is 0 Å². The van der Waals surface area contributed by atoms with Crippen molar-refractivity contribution in [2.45, 2.75) is 238 Å². The van der Waals surface area contributed by atoms with E-state index in [2.05, 4.69) is 38.2 Å². The first-order chi connectivity index (χ1) is 30.8. The van der Waals surface area contributed by atoms with Gasteiger partial charge in [-0.25, -0.2) is 4.57 Å². The zero-order chi connectivity index (χ0) is 47.4. The summed E-state index contributed by atoms with van der Waals surface area (Å²) in [6.07, 6.45) is 43.7. The summed E-state index contributed by atoms with van der Waals surface area (Å²) in [5.41, 5.74) is 0. The van der Waals surface area contributed by atoms with E-state index in [1.165, 1.54) is 128 Å². The molecule has 0 aliphatic carbocycles. The van der Waals surface area contributed by atoms with Crippen molar-refractivity contribution in [2.24, 2.45) is 0 Å². The average Bonchev–Trinajstić information content (AvgIpc) is 3.24. The van der Waals surface area contributed by atoms with E-state index >= 15 is 0 Å². The van der Waals surface area contributed by atoms with Gasteiger partial charge in [0.15, 0.2) is 6.10 Å². The van der Waals surface area contributed by atoms with Crippen molar-refractivity contribution in [2.75, 3.05) is 47.5 Å². The molecule has 0 bridgehead atoms. The van der Waals surface area contributed by atoms with E-state index in [-0.39, 0.29) is 38.9 Å². The average molecular weight is 929 g/mol. The summed E-state index contributed by atoms with van der Waals surface area (Å²) >= 11 is 0. The lowest BCUT2D eigenvalue weighted by molar-refractivity contribution is -0.870. The van der Waals surface area contributed by atoms with Crippen molar-refractivity contribution >= 4 is 19.8 Å². The number of rotatable bonds is 47. The predicted molar refractivity (Wildman–Crippen MR) is 264 cm³/mol. The standard InChI is InChI=1S/C52H98NO10P/c1-6-8-10-12-14-16-18-20-21-22-23-24-25-26-27-28-30-32-34-36-38-42-52(57)63-48(47-62-64(58,59)61-45-44-53(3,4)5)46-60-51(56)43-39-41-50(55)49(54)40-37-35-33-31-29-19-17-15-13-11-9-7-2/h15,17,29,31,35,37,48-50,54-55H,6-14,16,18-28,30,32-34,36,38-47H2,1-5H3/p+1/b17-15-,31-29-,37-35-/t48-,49?,50?/m1/s1. The Morgan fingerprint density at radius 1 is 0.547 bits per heavy atom. The van der Waals surface area contributed by atoms with Crippen LogP contribution in [0.25, 0.3) is 0 Å². The van der Waals surface area contributed by atoms with Crippen LogP contribution in [0.4, 0.5) is 0 Å². The van der Waals surface area contributed by atoms with Crippen LogP contribution in [-0.4, -0.2) is 97.3 Å². The van der Waals surface area contributed by atoms with Crippen molar-refractivity contribution < 1.29 is 52.3 Å². The van der Waals surface area contributed by atoms with Gasteiger partial charge in [-0.3, -0.25) is 18.6 Å². The van der Waals surface area contributed by atoms with Crippen molar-refractivity contribution in [1.82, 2.24) is 0 Å². The van der Waals surface area contributed by atoms with Crippen LogP contribution >= 0.6 is 7.82 Å². The normalized spacial score (nSPS) is 14.7. The summed E-state index contributed by atoms with van der Waals surface area (Å²) in [6, 6.07) is 0. The first-order valence-corrected chi connectivity index (χ1v) is 27.4. The van der Waals surface area contributed by atoms with Crippen LogP contribution in [0.5, 0.6) is 0 Å². The molecule has 4 atom stereocenters. The van der Waals surface area contributed by atoms with Crippen LogP contribution in [0.15, 0.2) is 36.5 Å². The van der Waals surface area contributed by atoms with Gasteiger partial charge in [-0.05, 0) is 51.4 Å². The first-order valence-electron chi connectivity index (χ1n) is 25.9. The number of likely N-dealkylation sites (N-methyl/N-ethyl adjacent to an activating group) is 1. The third kappa shape index (κ3) is 45.3. The molecule has 0 aromatic heterocycles. The predicted octanol–water partition coefficient (Wildman–Crippen LogP) is 13.2. The number of unbranched alkanes of at least 4 members (excludes halogenated alkanes) is 23. The molecule has 0 aliphatic heterocycles. The summed E-state index contributed by atoms with van der Waals surface area (Å²) in [4.78, 5) is 35.6. The fourth-order valence-corrected chi connectivity index (χ4v) is 7.92. The SMILES string of the molecule is CCCCC/C=C\C/C=C\C/C=C\CC(O)C(O)CCCC(=O)OC[C@H](COP(=O)(O)OCC[N+](C)(C)C)OC(=O)CCCCCCCCCCCCCCCCCCCCCCC. The number of allylic oxidation sites excluding steroid dienone is 5. The lowest BCUT2D eigenvalue weighted by Crippen LogP contribution is -2.37. The molecule has 64 heavy (non-hydrogen) atoms. The fourth-order valence-electron chi connectivity index (χ4n) is 7.18. The summed E-state index contributed by atoms with van der Waals surface area (Å²) in [6.45, 7) is 4.09. The maximum atomic E-state index is 12.8. The molecule has 0 aromatic carbocycles. The highest BCUT2D eigenvalue weighted by Crippen LogP contribution is 2.43. The lowest BCUT2D eigenvalue weighted by atomic mass is 10.0. The van der Waals surface area contributed by atoms with Crippen molar-refractivity contribution in [3.8, 4) is 0 Å². The molecule has 11 nitrogen and oxygen atoms in total. The van der Waals surface area contributed by atoms with E-state index < -0.39 is 44.7 Å². The maximum Gasteiger partial charge on any atom is 0.472 e. The molecular weight excluding hydrogens is 830 g/mol. The van der Waals surface area contributed by atoms with Crippen molar-refractivity contribution in [3.63, 3.8) is 0 Å². The number of nitrogens with zero attached hydrogens (tertiary/aromatic N) is 1. The van der Waals surface area contributed by atoms with E-state index in [9.17, 15) is 29.3 Å². The van der Waals surface area contributed by atoms with E-state index in [0.717, 1.165) is 38.5 Å². The molecule has 0 aliphatic rings. The molecule has 12 heteroatoms. The minimum Gasteiger partial charge on any atom is -0.462 e. The van der Waals surface area contributed by atoms with E-state index in [1.54, 1.807) is 0 Å². The highest BCUT2D eigenvalue weighted by molar-refractivity contribution is 7.47. The van der Waals surface area contributed by atoms with Gasteiger partial charge in [-0.1, -0.05) is 192 Å². The molecule has 0 heterocycles. The van der Waals surface area contributed by atoms with Gasteiger partial charge in [-0.2, -0.15) is 0 Å². The Balaban J connectivity index is 4.43. The molecule has 0 amide bonds. The summed E-state index contributed by atoms with van der Waals surface area (Å²) in [7, 11) is 1.33. The maximum absolute atomic E-state index is 12.8. The van der Waals surface area contributed by atoms with Gasteiger partial charge in [0.1, 0.15) is 19.8 Å². The molecular formula is C52H99NO10P+. The largest absolute Gasteiger partial charge is 0.472 e. The Labute approximate surface area is 392 Å². The van der Waals surface area contributed by atoms with Crippen LogP contribution in [0.2, 0.25) is 0 Å². The lowest BCUT2D eigenvalue weighted by Gasteiger charge is -2.24. The van der Waals surface area contributed by atoms with Gasteiger partial charge < -0.3 is 29.1 Å². The number of hydrogen-bond acceptors (Lipinski definition) is 9. The Bertz CT molecular complexity index is 1220. The number of aliphatic hydroxyl groups excluding tert-OH is 2. The second-order valence-corrected chi connectivity index (χ2v) is 20.3. The molecule has 0 saturated carbocycles. The summed E-state index contributed by atoms with van der Waals surface area (Å²) in [5.74, 6) is -1.07. The minimum atomic E-state index is -4.45. The molecule has 3 N–H and O–H groups in total. The van der Waals surface area contributed by atoms with Gasteiger partial charge in [-0.15, -0.1) is 0 Å². The molecule has 0 saturated heterocycles. The minimum absolute atomic E-state index is 0.0122. The Kier molecular flexibility index (Phi) is 42.4. The molecule has 376 valence electrons. The molecule has 3 unspecified atom stereocenters. The molecule has 0 radical (unpaired) electrons. The second-order valence-electron chi connectivity index (χ2n) is 18.9. The Hall–Kier alpha value is -1.85. The van der Waals surface area contributed by atoms with E-state index in [0.29, 0.717) is 23.9 Å². The monoisotopic (exact) mass is 929 g/mol. The van der Waals surface area contributed by atoms with Gasteiger partial charge in [0.05, 0.1) is 40.0 Å². The summed E-state index contributed by atoms with van der Waals surface area (Å²) < 4.78 is 34.2. The smallest absolute Gasteiger partial charge is 0.462 e. The summed E-state index contributed by atoms with van der Waals surface area (Å²) in [5, 5.41) is 20.8. The quantitative estimate of drug-likeness (QED) is 0.0177. The highest BCUT2D eigenvalue weighted by Gasteiger charge is 2.27. The van der Waals surface area contributed by atoms with E-state index in [1.807, 2.05) is 33.3 Å². The zero-order valence-corrected chi connectivity index (χ0v) is 42.6. The number of esters is 2. The number of quaternary nitrogens is 1. The van der Waals surface area contributed by atoms with Crippen LogP contribution in [0, 0.1) is 0 Å². The Morgan fingerprint density at radius 2 is 1.00 bits per heavy atom. The third-order valence-electron chi connectivity index (χ3n) is 11.4. The number of carbonyl (C=O) groups excluding carboxylic acids is 2. The van der Waals surface area contributed by atoms with Crippen molar-refractivity contribution in [3.05, 3.63) is 36.5 Å². The molecule has 0 spiro atoms. The topological polar surface area (TPSA) is 149 Å². The van der Waals surface area contributed by atoms with Crippen LogP contribution in [-0.2, 0) is 32.7 Å². The van der Waals surface area contributed by atoms with Crippen LogP contribution in [0.3, 0.4) is 0 Å². The number of aliphatic hydroxyl groups is 2. The fraction of sp³-hybridized carbons (Fsp3) is 0.846. The number of ether oxygens (including phenoxy) is 2. The second kappa shape index (κ2) is 43.7. The third-order valence-corrected chi connectivity index (χ3v) is 12.4. The van der Waals surface area contributed by atoms with Gasteiger partial charge in [0, 0.05) is 12.8 Å². The number of carbonyl (C=O) groups is 2. The van der Waals surface area contributed by atoms with Gasteiger partial charge >= 0.3 is 19.8 Å². The van der Waals surface area contributed by atoms with E-state index in [4.69, 9.17) is 18.5 Å². The van der Waals surface area contributed by atoms with Crippen LogP contribution < -0.4 is 0 Å². The number of phosphoric ester groups is 1. The molecule has 0 rings (SSSR count). The number of hydrogen-bond donors (Lipinski definition) is 3. The van der Waals surface area contributed by atoms with Gasteiger partial charge in [0.2, 0.25) is 0 Å². The Morgan fingerprint density at radius 3 is 1.52 bits per heavy atom.